The van der Waals surface area contributed by atoms with E-state index >= 15 is 0 Å². The fourth-order valence-corrected chi connectivity index (χ4v) is 4.69. The number of hydrogen-bond acceptors (Lipinski definition) is 2. The van der Waals surface area contributed by atoms with Crippen molar-refractivity contribution >= 4 is 12.2 Å². The van der Waals surface area contributed by atoms with Gasteiger partial charge >= 0.3 is 0 Å². The molecule has 0 radical (unpaired) electrons. The van der Waals surface area contributed by atoms with E-state index in [9.17, 15) is 0 Å². The molecule has 5 rings (SSSR count). The Labute approximate surface area is 182 Å². The van der Waals surface area contributed by atoms with Crippen LogP contribution in [-0.4, -0.2) is 27.4 Å². The molecule has 1 aliphatic rings. The summed E-state index contributed by atoms with van der Waals surface area (Å²) in [5.41, 5.74) is 3.56. The van der Waals surface area contributed by atoms with Crippen LogP contribution in [0.1, 0.15) is 17.9 Å². The second kappa shape index (κ2) is 8.38. The predicted octanol–water partition coefficient (Wildman–Crippen LogP) is 4.10. The Balaban J connectivity index is 1.46. The van der Waals surface area contributed by atoms with Crippen molar-refractivity contribution in [2.24, 2.45) is 0 Å². The Morgan fingerprint density at radius 3 is 2.20 bits per heavy atom. The molecular formula is C25H25N4S+. The Morgan fingerprint density at radius 1 is 0.867 bits per heavy atom. The van der Waals surface area contributed by atoms with Gasteiger partial charge < -0.3 is 4.90 Å². The Hall–Kier alpha value is -3.02. The standard InChI is InChI=1S/C25H24N4S/c30-25-28(19-27-17-16-22(18-27)20-10-4-1-5-11-20)26-24(21-12-6-2-7-13-21)29(25)23-14-8-3-9-15-23/h1-15,22H,16-19H2/p+1/t22-/m1/s1. The van der Waals surface area contributed by atoms with E-state index in [0.29, 0.717) is 5.92 Å². The van der Waals surface area contributed by atoms with Gasteiger partial charge in [0, 0.05) is 23.6 Å². The number of benzene rings is 3. The summed E-state index contributed by atoms with van der Waals surface area (Å²) < 4.78 is 4.85. The van der Waals surface area contributed by atoms with Gasteiger partial charge in [-0.2, -0.15) is 4.68 Å². The minimum absolute atomic E-state index is 0.611. The number of nitrogens with zero attached hydrogens (tertiary/aromatic N) is 3. The number of nitrogens with one attached hydrogen (secondary N) is 1. The van der Waals surface area contributed by atoms with Gasteiger partial charge in [-0.05, 0) is 29.9 Å². The van der Waals surface area contributed by atoms with Crippen molar-refractivity contribution in [1.82, 2.24) is 14.3 Å². The zero-order chi connectivity index (χ0) is 20.3. The fourth-order valence-electron chi connectivity index (χ4n) is 4.39. The van der Waals surface area contributed by atoms with Crippen LogP contribution in [-0.2, 0) is 6.67 Å². The largest absolute Gasteiger partial charge is 0.316 e. The predicted molar refractivity (Wildman–Crippen MR) is 122 cm³/mol. The van der Waals surface area contributed by atoms with Crippen LogP contribution in [0.5, 0.6) is 0 Å². The summed E-state index contributed by atoms with van der Waals surface area (Å²) >= 11 is 5.90. The van der Waals surface area contributed by atoms with Crippen molar-refractivity contribution in [1.29, 1.82) is 0 Å². The van der Waals surface area contributed by atoms with Crippen molar-refractivity contribution in [3.8, 4) is 17.1 Å². The molecule has 0 amide bonds. The lowest BCUT2D eigenvalue weighted by Crippen LogP contribution is -3.09. The van der Waals surface area contributed by atoms with Gasteiger partial charge in [-0.15, -0.1) is 5.10 Å². The molecule has 1 saturated heterocycles. The zero-order valence-corrected chi connectivity index (χ0v) is 17.6. The SMILES string of the molecule is S=c1n(C[NH+]2CC[C@@H](c3ccccc3)C2)nc(-c2ccccc2)n1-c1ccccc1. The van der Waals surface area contributed by atoms with Gasteiger partial charge in [0.2, 0.25) is 4.77 Å². The van der Waals surface area contributed by atoms with Crippen LogP contribution in [0.4, 0.5) is 0 Å². The lowest BCUT2D eigenvalue weighted by molar-refractivity contribution is -0.912. The third-order valence-electron chi connectivity index (χ3n) is 5.91. The molecule has 1 aliphatic heterocycles. The van der Waals surface area contributed by atoms with Gasteiger partial charge in [0.05, 0.1) is 13.1 Å². The van der Waals surface area contributed by atoms with Crippen LogP contribution in [0.2, 0.25) is 0 Å². The monoisotopic (exact) mass is 413 g/mol. The molecule has 150 valence electrons. The molecule has 4 aromatic rings. The molecule has 0 spiro atoms. The van der Waals surface area contributed by atoms with E-state index in [1.807, 2.05) is 41.1 Å². The first-order valence-electron chi connectivity index (χ1n) is 10.5. The Morgan fingerprint density at radius 2 is 1.50 bits per heavy atom. The zero-order valence-electron chi connectivity index (χ0n) is 16.8. The van der Waals surface area contributed by atoms with E-state index in [0.717, 1.165) is 41.6 Å². The van der Waals surface area contributed by atoms with E-state index in [1.54, 1.807) is 0 Å². The summed E-state index contributed by atoms with van der Waals surface area (Å²) in [4.78, 5) is 1.53. The highest BCUT2D eigenvalue weighted by atomic mass is 32.1. The van der Waals surface area contributed by atoms with Crippen LogP contribution in [0.3, 0.4) is 0 Å². The Kier molecular flexibility index (Phi) is 5.30. The van der Waals surface area contributed by atoms with E-state index in [2.05, 4.69) is 59.2 Å². The van der Waals surface area contributed by atoms with E-state index in [1.165, 1.54) is 16.9 Å². The lowest BCUT2D eigenvalue weighted by Gasteiger charge is -2.13. The van der Waals surface area contributed by atoms with Crippen molar-refractivity contribution < 1.29 is 4.90 Å². The number of para-hydroxylation sites is 1. The van der Waals surface area contributed by atoms with E-state index < -0.39 is 0 Å². The van der Waals surface area contributed by atoms with Crippen molar-refractivity contribution in [2.45, 2.75) is 19.0 Å². The minimum Gasteiger partial charge on any atom is -0.316 e. The first-order chi connectivity index (χ1) is 14.8. The van der Waals surface area contributed by atoms with Gasteiger partial charge in [-0.25, -0.2) is 0 Å². The molecule has 1 unspecified atom stereocenters. The Bertz CT molecular complexity index is 1170. The summed E-state index contributed by atoms with van der Waals surface area (Å²) in [6.45, 7) is 3.05. The maximum absolute atomic E-state index is 5.90. The van der Waals surface area contributed by atoms with Crippen molar-refractivity contribution in [2.75, 3.05) is 13.1 Å². The summed E-state index contributed by atoms with van der Waals surface area (Å²) in [6, 6.07) is 31.4. The number of hydrogen-bond donors (Lipinski definition) is 1. The van der Waals surface area contributed by atoms with Gasteiger partial charge in [0.25, 0.3) is 0 Å². The summed E-state index contributed by atoms with van der Waals surface area (Å²) in [7, 11) is 0. The highest BCUT2D eigenvalue weighted by Gasteiger charge is 2.28. The molecule has 30 heavy (non-hydrogen) atoms. The third kappa shape index (κ3) is 3.74. The van der Waals surface area contributed by atoms with Crippen LogP contribution in [0.15, 0.2) is 91.0 Å². The summed E-state index contributed by atoms with van der Waals surface area (Å²) in [5.74, 6) is 1.50. The highest BCUT2D eigenvalue weighted by Crippen LogP contribution is 2.23. The van der Waals surface area contributed by atoms with Gasteiger partial charge in [0.15, 0.2) is 12.5 Å². The van der Waals surface area contributed by atoms with Crippen LogP contribution >= 0.6 is 12.2 Å². The van der Waals surface area contributed by atoms with Gasteiger partial charge in [-0.3, -0.25) is 4.57 Å². The molecule has 1 fully saturated rings. The first-order valence-corrected chi connectivity index (χ1v) is 10.9. The molecule has 0 saturated carbocycles. The number of quaternary nitrogens is 1. The molecule has 1 N–H and O–H groups in total. The molecule has 4 nitrogen and oxygen atoms in total. The van der Waals surface area contributed by atoms with Crippen molar-refractivity contribution in [3.63, 3.8) is 0 Å². The van der Waals surface area contributed by atoms with Crippen molar-refractivity contribution in [3.05, 3.63) is 101 Å². The second-order valence-corrected chi connectivity index (χ2v) is 8.27. The van der Waals surface area contributed by atoms with Crippen LogP contribution < -0.4 is 4.90 Å². The average molecular weight is 414 g/mol. The third-order valence-corrected chi connectivity index (χ3v) is 6.30. The van der Waals surface area contributed by atoms with Gasteiger partial charge in [-0.1, -0.05) is 78.9 Å². The molecule has 0 bridgehead atoms. The van der Waals surface area contributed by atoms with E-state index in [4.69, 9.17) is 17.3 Å². The normalized spacial score (nSPS) is 18.5. The highest BCUT2D eigenvalue weighted by molar-refractivity contribution is 7.71. The summed E-state index contributed by atoms with van der Waals surface area (Å²) in [5, 5.41) is 4.97. The molecule has 2 heterocycles. The quantitative estimate of drug-likeness (QED) is 0.499. The topological polar surface area (TPSA) is 27.2 Å². The smallest absolute Gasteiger partial charge is 0.207 e. The number of aromatic nitrogens is 3. The molecule has 3 aromatic carbocycles. The van der Waals surface area contributed by atoms with Crippen LogP contribution in [0.25, 0.3) is 17.1 Å². The number of likely N-dealkylation sites (tertiary alicyclic amines) is 1. The molecule has 2 atom stereocenters. The lowest BCUT2D eigenvalue weighted by atomic mass is 9.99. The maximum Gasteiger partial charge on any atom is 0.207 e. The minimum atomic E-state index is 0.611. The fraction of sp³-hybridized carbons (Fsp3) is 0.200. The number of rotatable bonds is 5. The molecule has 1 aromatic heterocycles. The van der Waals surface area contributed by atoms with Gasteiger partial charge in [0.1, 0.15) is 0 Å². The molecule has 0 aliphatic carbocycles. The second-order valence-electron chi connectivity index (χ2n) is 7.90. The molecular weight excluding hydrogens is 388 g/mol. The summed E-state index contributed by atoms with van der Waals surface area (Å²) in [6.07, 6.45) is 1.21. The van der Waals surface area contributed by atoms with Crippen LogP contribution in [0, 0.1) is 4.77 Å². The maximum atomic E-state index is 5.90. The van der Waals surface area contributed by atoms with E-state index in [-0.39, 0.29) is 0 Å². The average Bonchev–Trinajstić information content (AvgIpc) is 3.41. The molecule has 5 heteroatoms. The first kappa shape index (κ1) is 19.0.